The second-order valence-electron chi connectivity index (χ2n) is 3.94. The van der Waals surface area contributed by atoms with Crippen LogP contribution in [-0.4, -0.2) is 6.54 Å². The van der Waals surface area contributed by atoms with Gasteiger partial charge in [-0.3, -0.25) is 0 Å². The van der Waals surface area contributed by atoms with Crippen molar-refractivity contribution >= 4 is 0 Å². The maximum absolute atomic E-state index is 5.64. The number of hydrogen-bond acceptors (Lipinski definition) is 1. The minimum absolute atomic E-state index is 0.908. The molecule has 2 saturated carbocycles. The van der Waals surface area contributed by atoms with Gasteiger partial charge < -0.3 is 5.73 Å². The van der Waals surface area contributed by atoms with E-state index in [1.54, 1.807) is 0 Å². The molecule has 0 saturated heterocycles. The van der Waals surface area contributed by atoms with Gasteiger partial charge >= 0.3 is 0 Å². The molecule has 1 heteroatoms. The van der Waals surface area contributed by atoms with E-state index in [-0.39, 0.29) is 0 Å². The van der Waals surface area contributed by atoms with Crippen LogP contribution in [0, 0.1) is 17.8 Å². The van der Waals surface area contributed by atoms with E-state index in [1.165, 1.54) is 32.1 Å². The van der Waals surface area contributed by atoms with Crippen molar-refractivity contribution < 1.29 is 0 Å². The summed E-state index contributed by atoms with van der Waals surface area (Å²) in [6.45, 7) is 0.946. The monoisotopic (exact) mass is 139 g/mol. The Hall–Kier alpha value is -0.0400. The molecule has 0 aromatic heterocycles. The summed E-state index contributed by atoms with van der Waals surface area (Å²) < 4.78 is 0. The predicted octanol–water partition coefficient (Wildman–Crippen LogP) is 1.77. The van der Waals surface area contributed by atoms with Crippen LogP contribution in [0.5, 0.6) is 0 Å². The van der Waals surface area contributed by atoms with Gasteiger partial charge in [-0.05, 0) is 37.1 Å². The number of fused-ring (bicyclic) bond motifs is 1. The summed E-state index contributed by atoms with van der Waals surface area (Å²) in [5, 5.41) is 0. The van der Waals surface area contributed by atoms with Crippen molar-refractivity contribution in [3.05, 3.63) is 0 Å². The van der Waals surface area contributed by atoms with Gasteiger partial charge in [0.15, 0.2) is 0 Å². The van der Waals surface area contributed by atoms with E-state index in [0.29, 0.717) is 0 Å². The van der Waals surface area contributed by atoms with Gasteiger partial charge in [-0.1, -0.05) is 19.3 Å². The quantitative estimate of drug-likeness (QED) is 0.588. The lowest BCUT2D eigenvalue weighted by Crippen LogP contribution is -2.42. The molecule has 0 aliphatic heterocycles. The summed E-state index contributed by atoms with van der Waals surface area (Å²) >= 11 is 0. The molecule has 58 valence electrons. The summed E-state index contributed by atoms with van der Waals surface area (Å²) in [7, 11) is 0. The Bertz CT molecular complexity index is 118. The van der Waals surface area contributed by atoms with Crippen molar-refractivity contribution in [1.29, 1.82) is 0 Å². The molecule has 2 rings (SSSR count). The Morgan fingerprint density at radius 2 is 2.00 bits per heavy atom. The highest BCUT2D eigenvalue weighted by Crippen LogP contribution is 2.48. The Kier molecular flexibility index (Phi) is 1.69. The van der Waals surface area contributed by atoms with Gasteiger partial charge in [-0.2, -0.15) is 0 Å². The van der Waals surface area contributed by atoms with Gasteiger partial charge in [0.1, 0.15) is 0 Å². The number of hydrogen-bond donors (Lipinski definition) is 1. The van der Waals surface area contributed by atoms with E-state index in [9.17, 15) is 0 Å². The van der Waals surface area contributed by atoms with Gasteiger partial charge in [-0.15, -0.1) is 0 Å². The maximum atomic E-state index is 5.64. The molecule has 3 unspecified atom stereocenters. The molecule has 0 radical (unpaired) electrons. The van der Waals surface area contributed by atoms with Crippen LogP contribution in [0.4, 0.5) is 0 Å². The Morgan fingerprint density at radius 1 is 1.20 bits per heavy atom. The zero-order valence-electron chi connectivity index (χ0n) is 6.55. The van der Waals surface area contributed by atoms with Crippen LogP contribution in [0.3, 0.4) is 0 Å². The van der Waals surface area contributed by atoms with Gasteiger partial charge in [0, 0.05) is 0 Å². The first-order chi connectivity index (χ1) is 4.92. The molecule has 0 amide bonds. The number of rotatable bonds is 1. The molecular formula is C9H17N. The van der Waals surface area contributed by atoms with E-state index in [1.807, 2.05) is 0 Å². The Labute approximate surface area is 63.0 Å². The number of nitrogens with two attached hydrogens (primary N) is 1. The lowest BCUT2D eigenvalue weighted by Gasteiger charge is -2.47. The fourth-order valence-corrected chi connectivity index (χ4v) is 2.79. The highest BCUT2D eigenvalue weighted by atomic mass is 14.6. The first kappa shape index (κ1) is 6.66. The summed E-state index contributed by atoms with van der Waals surface area (Å²) in [6.07, 6.45) is 7.38. The molecule has 10 heavy (non-hydrogen) atoms. The maximum Gasteiger partial charge on any atom is -0.00460 e. The second kappa shape index (κ2) is 2.54. The average molecular weight is 139 g/mol. The summed E-state index contributed by atoms with van der Waals surface area (Å²) in [4.78, 5) is 0. The average Bonchev–Trinajstić information content (AvgIpc) is 1.92. The topological polar surface area (TPSA) is 26.0 Å². The molecule has 0 heterocycles. The van der Waals surface area contributed by atoms with Crippen molar-refractivity contribution in [1.82, 2.24) is 0 Å². The van der Waals surface area contributed by atoms with Crippen LogP contribution in [0.15, 0.2) is 0 Å². The molecule has 0 bridgehead atoms. The van der Waals surface area contributed by atoms with Gasteiger partial charge in [0.05, 0.1) is 0 Å². The molecule has 0 aromatic rings. The molecule has 3 atom stereocenters. The van der Waals surface area contributed by atoms with E-state index in [0.717, 1.165) is 24.3 Å². The normalized spacial score (nSPS) is 45.9. The fourth-order valence-electron chi connectivity index (χ4n) is 2.79. The fraction of sp³-hybridized carbons (Fsp3) is 1.00. The van der Waals surface area contributed by atoms with Crippen LogP contribution < -0.4 is 5.73 Å². The van der Waals surface area contributed by atoms with Crippen LogP contribution >= 0.6 is 0 Å². The molecule has 0 spiro atoms. The highest BCUT2D eigenvalue weighted by Gasteiger charge is 2.40. The molecule has 2 aliphatic carbocycles. The van der Waals surface area contributed by atoms with Gasteiger partial charge in [-0.25, -0.2) is 0 Å². The minimum Gasteiger partial charge on any atom is -0.330 e. The summed E-state index contributed by atoms with van der Waals surface area (Å²) in [5.41, 5.74) is 5.64. The van der Waals surface area contributed by atoms with Crippen LogP contribution in [-0.2, 0) is 0 Å². The smallest absolute Gasteiger partial charge is 0.00460 e. The van der Waals surface area contributed by atoms with Crippen molar-refractivity contribution in [2.24, 2.45) is 23.5 Å². The van der Waals surface area contributed by atoms with Gasteiger partial charge in [0.2, 0.25) is 0 Å². The molecule has 2 aliphatic rings. The molecule has 2 N–H and O–H groups in total. The largest absolute Gasteiger partial charge is 0.330 e. The van der Waals surface area contributed by atoms with Crippen molar-refractivity contribution in [3.63, 3.8) is 0 Å². The van der Waals surface area contributed by atoms with Crippen LogP contribution in [0.25, 0.3) is 0 Å². The van der Waals surface area contributed by atoms with Gasteiger partial charge in [0.25, 0.3) is 0 Å². The minimum atomic E-state index is 0.908. The molecule has 0 aromatic carbocycles. The lowest BCUT2D eigenvalue weighted by atomic mass is 9.59. The van der Waals surface area contributed by atoms with E-state index in [2.05, 4.69) is 0 Å². The SMILES string of the molecule is NCC1CC2CCCCC12. The Morgan fingerprint density at radius 3 is 2.70 bits per heavy atom. The Balaban J connectivity index is 1.89. The third kappa shape index (κ3) is 0.878. The third-order valence-corrected chi connectivity index (χ3v) is 3.48. The zero-order valence-corrected chi connectivity index (χ0v) is 6.55. The van der Waals surface area contributed by atoms with Crippen molar-refractivity contribution in [3.8, 4) is 0 Å². The van der Waals surface area contributed by atoms with E-state index >= 15 is 0 Å². The molecular weight excluding hydrogens is 122 g/mol. The lowest BCUT2D eigenvalue weighted by molar-refractivity contribution is 0.0355. The summed E-state index contributed by atoms with van der Waals surface area (Å²) in [6, 6.07) is 0. The standard InChI is InChI=1S/C9H17N/c10-6-8-5-7-3-1-2-4-9(7)8/h7-9H,1-6,10H2. The molecule has 2 fully saturated rings. The van der Waals surface area contributed by atoms with Crippen molar-refractivity contribution in [2.75, 3.05) is 6.54 Å². The van der Waals surface area contributed by atoms with E-state index < -0.39 is 0 Å². The zero-order chi connectivity index (χ0) is 6.97. The second-order valence-corrected chi connectivity index (χ2v) is 3.94. The predicted molar refractivity (Wildman–Crippen MR) is 42.6 cm³/mol. The van der Waals surface area contributed by atoms with Crippen LogP contribution in [0.1, 0.15) is 32.1 Å². The summed E-state index contributed by atoms with van der Waals surface area (Å²) in [5.74, 6) is 3.03. The first-order valence-electron chi connectivity index (χ1n) is 4.62. The highest BCUT2D eigenvalue weighted by molar-refractivity contribution is 4.91. The van der Waals surface area contributed by atoms with E-state index in [4.69, 9.17) is 5.73 Å². The molecule has 1 nitrogen and oxygen atoms in total. The van der Waals surface area contributed by atoms with Crippen LogP contribution in [0.2, 0.25) is 0 Å². The first-order valence-corrected chi connectivity index (χ1v) is 4.62. The third-order valence-electron chi connectivity index (χ3n) is 3.48. The van der Waals surface area contributed by atoms with Crippen molar-refractivity contribution in [2.45, 2.75) is 32.1 Å².